The summed E-state index contributed by atoms with van der Waals surface area (Å²) in [7, 11) is 0. The Morgan fingerprint density at radius 3 is 2.57 bits per heavy atom. The fourth-order valence-electron chi connectivity index (χ4n) is 3.02. The number of rotatable bonds is 0. The Morgan fingerprint density at radius 1 is 0.952 bits per heavy atom. The van der Waals surface area contributed by atoms with E-state index in [1.54, 1.807) is 17.4 Å². The number of thiophene rings is 1. The molecule has 0 spiro atoms. The first-order chi connectivity index (χ1) is 10.1. The van der Waals surface area contributed by atoms with E-state index < -0.39 is 6.10 Å². The summed E-state index contributed by atoms with van der Waals surface area (Å²) >= 11 is 1.68. The molecule has 0 amide bonds. The SMILES string of the molecule is Cc1cc2c(s1)-c1ccccc1C(O)c1ccc(F)cc1-2. The van der Waals surface area contributed by atoms with Crippen LogP contribution in [0, 0.1) is 12.7 Å². The Labute approximate surface area is 126 Å². The molecule has 1 heterocycles. The van der Waals surface area contributed by atoms with Crippen molar-refractivity contribution in [1.82, 2.24) is 0 Å². The minimum absolute atomic E-state index is 0.276. The van der Waals surface area contributed by atoms with E-state index in [1.165, 1.54) is 17.0 Å². The van der Waals surface area contributed by atoms with Gasteiger partial charge in [0.1, 0.15) is 11.9 Å². The molecule has 104 valence electrons. The van der Waals surface area contributed by atoms with E-state index in [0.29, 0.717) is 0 Å². The Balaban J connectivity index is 2.15. The van der Waals surface area contributed by atoms with Crippen LogP contribution in [0.4, 0.5) is 4.39 Å². The predicted octanol–water partition coefficient (Wildman–Crippen LogP) is 4.92. The third kappa shape index (κ3) is 1.85. The minimum atomic E-state index is -0.725. The maximum absolute atomic E-state index is 13.7. The minimum Gasteiger partial charge on any atom is -0.384 e. The lowest BCUT2D eigenvalue weighted by atomic mass is 9.96. The molecule has 21 heavy (non-hydrogen) atoms. The van der Waals surface area contributed by atoms with Crippen molar-refractivity contribution in [2.45, 2.75) is 13.0 Å². The van der Waals surface area contributed by atoms with E-state index >= 15 is 0 Å². The van der Waals surface area contributed by atoms with E-state index in [0.717, 1.165) is 32.7 Å². The van der Waals surface area contributed by atoms with Crippen molar-refractivity contribution < 1.29 is 9.50 Å². The van der Waals surface area contributed by atoms with Crippen molar-refractivity contribution in [3.63, 3.8) is 0 Å². The maximum atomic E-state index is 13.7. The Kier molecular flexibility index (Phi) is 2.74. The number of aryl methyl sites for hydroxylation is 1. The summed E-state index contributed by atoms with van der Waals surface area (Å²) in [4.78, 5) is 2.29. The first kappa shape index (κ1) is 12.7. The van der Waals surface area contributed by atoms with Gasteiger partial charge in [-0.25, -0.2) is 4.39 Å². The molecule has 1 aliphatic carbocycles. The number of halogens is 1. The largest absolute Gasteiger partial charge is 0.384 e. The molecule has 1 N–H and O–H groups in total. The van der Waals surface area contributed by atoms with Gasteiger partial charge in [0, 0.05) is 15.3 Å². The second kappa shape index (κ2) is 4.52. The molecule has 0 aliphatic heterocycles. The fraction of sp³-hybridized carbons (Fsp3) is 0.111. The van der Waals surface area contributed by atoms with Crippen molar-refractivity contribution in [2.24, 2.45) is 0 Å². The van der Waals surface area contributed by atoms with Crippen LogP contribution in [0.5, 0.6) is 0 Å². The fourth-order valence-corrected chi connectivity index (χ4v) is 4.10. The molecule has 3 aromatic rings. The second-order valence-electron chi connectivity index (χ2n) is 5.32. The first-order valence-corrected chi connectivity index (χ1v) is 7.64. The summed E-state index contributed by atoms with van der Waals surface area (Å²) < 4.78 is 13.7. The molecule has 1 nitrogen and oxygen atoms in total. The lowest BCUT2D eigenvalue weighted by Gasteiger charge is -2.14. The lowest BCUT2D eigenvalue weighted by molar-refractivity contribution is 0.221. The zero-order valence-electron chi connectivity index (χ0n) is 11.4. The van der Waals surface area contributed by atoms with Gasteiger partial charge >= 0.3 is 0 Å². The molecule has 1 aliphatic rings. The van der Waals surface area contributed by atoms with Gasteiger partial charge in [0.25, 0.3) is 0 Å². The smallest absolute Gasteiger partial charge is 0.123 e. The zero-order chi connectivity index (χ0) is 14.6. The molecule has 0 fully saturated rings. The Bertz CT molecular complexity index is 850. The molecule has 1 unspecified atom stereocenters. The van der Waals surface area contributed by atoms with E-state index in [9.17, 15) is 9.50 Å². The molecule has 0 saturated carbocycles. The number of benzene rings is 2. The average Bonchev–Trinajstić information content (AvgIpc) is 2.84. The molecular weight excluding hydrogens is 283 g/mol. The second-order valence-corrected chi connectivity index (χ2v) is 6.58. The summed E-state index contributed by atoms with van der Waals surface area (Å²) in [6.45, 7) is 2.05. The zero-order valence-corrected chi connectivity index (χ0v) is 12.2. The summed E-state index contributed by atoms with van der Waals surface area (Å²) in [5, 5.41) is 10.7. The van der Waals surface area contributed by atoms with Crippen LogP contribution in [0.3, 0.4) is 0 Å². The van der Waals surface area contributed by atoms with Crippen LogP contribution in [0.2, 0.25) is 0 Å². The van der Waals surface area contributed by atoms with Gasteiger partial charge in [0.2, 0.25) is 0 Å². The quantitative estimate of drug-likeness (QED) is 0.624. The highest BCUT2D eigenvalue weighted by molar-refractivity contribution is 7.16. The van der Waals surface area contributed by atoms with Crippen LogP contribution >= 0.6 is 11.3 Å². The van der Waals surface area contributed by atoms with Crippen LogP contribution < -0.4 is 0 Å². The highest BCUT2D eigenvalue weighted by Crippen LogP contribution is 2.48. The monoisotopic (exact) mass is 296 g/mol. The lowest BCUT2D eigenvalue weighted by Crippen LogP contribution is -2.01. The number of aliphatic hydroxyl groups excluding tert-OH is 1. The molecule has 3 heteroatoms. The summed E-state index contributed by atoms with van der Waals surface area (Å²) in [6.07, 6.45) is -0.725. The number of hydrogen-bond donors (Lipinski definition) is 1. The number of fused-ring (bicyclic) bond motifs is 5. The summed E-state index contributed by atoms with van der Waals surface area (Å²) in [5.41, 5.74) is 4.48. The Morgan fingerprint density at radius 2 is 1.71 bits per heavy atom. The van der Waals surface area contributed by atoms with E-state index in [-0.39, 0.29) is 5.82 Å². The molecular formula is C18H13FOS. The van der Waals surface area contributed by atoms with Crippen LogP contribution in [0.25, 0.3) is 21.6 Å². The van der Waals surface area contributed by atoms with Gasteiger partial charge in [-0.05, 0) is 47.4 Å². The van der Waals surface area contributed by atoms with Crippen molar-refractivity contribution in [2.75, 3.05) is 0 Å². The average molecular weight is 296 g/mol. The molecule has 4 rings (SSSR count). The van der Waals surface area contributed by atoms with Crippen molar-refractivity contribution >= 4 is 11.3 Å². The molecule has 0 radical (unpaired) electrons. The standard InChI is InChI=1S/C18H13FOS/c1-10-8-16-15-9-11(19)6-7-13(15)17(20)12-4-2-3-5-14(12)18(16)21-10/h2-9,17,20H,1H3. The summed E-state index contributed by atoms with van der Waals surface area (Å²) in [5.74, 6) is -0.276. The summed E-state index contributed by atoms with van der Waals surface area (Å²) in [6, 6.07) is 14.6. The highest BCUT2D eigenvalue weighted by Gasteiger charge is 2.27. The Hall–Kier alpha value is -1.97. The van der Waals surface area contributed by atoms with Gasteiger partial charge in [-0.15, -0.1) is 11.3 Å². The van der Waals surface area contributed by atoms with Crippen LogP contribution in [0.15, 0.2) is 48.5 Å². The topological polar surface area (TPSA) is 20.2 Å². The van der Waals surface area contributed by atoms with E-state index in [2.05, 4.69) is 13.0 Å². The van der Waals surface area contributed by atoms with Crippen LogP contribution in [-0.2, 0) is 0 Å². The number of hydrogen-bond acceptors (Lipinski definition) is 2. The maximum Gasteiger partial charge on any atom is 0.123 e. The van der Waals surface area contributed by atoms with Gasteiger partial charge in [-0.2, -0.15) is 0 Å². The molecule has 0 saturated heterocycles. The van der Waals surface area contributed by atoms with Gasteiger partial charge in [-0.1, -0.05) is 30.3 Å². The predicted molar refractivity (Wildman–Crippen MR) is 83.9 cm³/mol. The van der Waals surface area contributed by atoms with Crippen molar-refractivity contribution in [1.29, 1.82) is 0 Å². The van der Waals surface area contributed by atoms with E-state index in [1.807, 2.05) is 24.3 Å². The van der Waals surface area contributed by atoms with Gasteiger partial charge in [0.15, 0.2) is 0 Å². The molecule has 0 bridgehead atoms. The highest BCUT2D eigenvalue weighted by atomic mass is 32.1. The molecule has 2 aromatic carbocycles. The first-order valence-electron chi connectivity index (χ1n) is 6.83. The number of aliphatic hydroxyl groups is 1. The van der Waals surface area contributed by atoms with Gasteiger partial charge in [0.05, 0.1) is 0 Å². The van der Waals surface area contributed by atoms with Crippen molar-refractivity contribution in [3.05, 3.63) is 70.4 Å². The van der Waals surface area contributed by atoms with E-state index in [4.69, 9.17) is 0 Å². The molecule has 1 atom stereocenters. The van der Waals surface area contributed by atoms with Gasteiger partial charge in [-0.3, -0.25) is 0 Å². The molecule has 1 aromatic heterocycles. The third-order valence-electron chi connectivity index (χ3n) is 3.96. The van der Waals surface area contributed by atoms with Crippen LogP contribution in [-0.4, -0.2) is 5.11 Å². The third-order valence-corrected chi connectivity index (χ3v) is 5.04. The van der Waals surface area contributed by atoms with Crippen LogP contribution in [0.1, 0.15) is 22.1 Å². The van der Waals surface area contributed by atoms with Gasteiger partial charge < -0.3 is 5.11 Å². The van der Waals surface area contributed by atoms with Crippen molar-refractivity contribution in [3.8, 4) is 21.6 Å². The normalized spacial score (nSPS) is 15.9.